The van der Waals surface area contributed by atoms with Crippen molar-refractivity contribution in [1.82, 2.24) is 15.3 Å². The molecular formula is C32H62N5O6P. The van der Waals surface area contributed by atoms with Crippen molar-refractivity contribution in [3.63, 3.8) is 0 Å². The Labute approximate surface area is 265 Å². The first kappa shape index (κ1) is 38.7. The Morgan fingerprint density at radius 2 is 1.45 bits per heavy atom. The van der Waals surface area contributed by atoms with Gasteiger partial charge < -0.3 is 35.6 Å². The van der Waals surface area contributed by atoms with Gasteiger partial charge >= 0.3 is 7.60 Å². The predicted molar refractivity (Wildman–Crippen MR) is 180 cm³/mol. The maximum absolute atomic E-state index is 13.3. The Morgan fingerprint density at radius 1 is 0.909 bits per heavy atom. The van der Waals surface area contributed by atoms with E-state index in [1.807, 2.05) is 6.92 Å². The molecular weight excluding hydrogens is 581 g/mol. The fourth-order valence-electron chi connectivity index (χ4n) is 5.78. The van der Waals surface area contributed by atoms with Crippen LogP contribution in [0.25, 0.3) is 0 Å². The molecule has 1 aliphatic rings. The summed E-state index contributed by atoms with van der Waals surface area (Å²) in [6.45, 7) is 3.81. The Balaban J connectivity index is 1.49. The van der Waals surface area contributed by atoms with E-state index in [0.717, 1.165) is 19.3 Å². The molecule has 0 amide bonds. The van der Waals surface area contributed by atoms with Crippen LogP contribution in [-0.2, 0) is 13.6 Å². The third kappa shape index (κ3) is 16.2. The highest BCUT2D eigenvalue weighted by molar-refractivity contribution is 7.53. The molecule has 44 heavy (non-hydrogen) atoms. The zero-order valence-electron chi connectivity index (χ0n) is 27.3. The molecule has 1 aliphatic heterocycles. The van der Waals surface area contributed by atoms with E-state index in [1.54, 1.807) is 0 Å². The number of anilines is 2. The highest BCUT2D eigenvalue weighted by Crippen LogP contribution is 2.49. The molecule has 0 saturated heterocycles. The number of nitrogens with two attached hydrogens (primary N) is 1. The van der Waals surface area contributed by atoms with Gasteiger partial charge in [-0.2, -0.15) is 0 Å². The normalized spacial score (nSPS) is 16.5. The van der Waals surface area contributed by atoms with Gasteiger partial charge in [-0.15, -0.1) is 0 Å². The summed E-state index contributed by atoms with van der Waals surface area (Å²) in [5, 5.41) is 25.1. The van der Waals surface area contributed by atoms with Crippen molar-refractivity contribution in [2.45, 2.75) is 134 Å². The molecule has 0 saturated carbocycles. The van der Waals surface area contributed by atoms with Gasteiger partial charge in [-0.25, -0.2) is 4.98 Å². The standard InChI is InChI=1S/C32H62N5O6P/c1-2-42-44(41,23-20-28(26-39)34-24-27-25-35-30-29(27)36-32(33)37-31(30)40)43-22-19-17-15-13-11-9-7-5-3-4-6-8-10-12-14-16-18-21-38/h27-28,34-35,38-39H,2-26H2,1H3,(H3,33,36,37,40)/t27?,28-,44?/m0/s1. The summed E-state index contributed by atoms with van der Waals surface area (Å²) in [5.74, 6) is 0.0268. The van der Waals surface area contributed by atoms with E-state index in [-0.39, 0.29) is 36.2 Å². The molecule has 1 aromatic rings. The number of aromatic amines is 1. The van der Waals surface area contributed by atoms with E-state index in [0.29, 0.717) is 50.7 Å². The van der Waals surface area contributed by atoms with Gasteiger partial charge in [-0.1, -0.05) is 96.3 Å². The lowest BCUT2D eigenvalue weighted by molar-refractivity contribution is 0.201. The topological polar surface area (TPSA) is 172 Å². The number of aliphatic hydroxyl groups is 2. The first-order valence-electron chi connectivity index (χ1n) is 17.4. The van der Waals surface area contributed by atoms with E-state index >= 15 is 0 Å². The third-order valence-corrected chi connectivity index (χ3v) is 10.5. The van der Waals surface area contributed by atoms with Gasteiger partial charge in [0.15, 0.2) is 0 Å². The molecule has 3 atom stereocenters. The molecule has 7 N–H and O–H groups in total. The quantitative estimate of drug-likeness (QED) is 0.0444. The summed E-state index contributed by atoms with van der Waals surface area (Å²) in [6.07, 6.45) is 21.8. The van der Waals surface area contributed by atoms with Crippen molar-refractivity contribution in [2.24, 2.45) is 0 Å². The minimum absolute atomic E-state index is 0.0578. The van der Waals surface area contributed by atoms with Crippen LogP contribution in [0.4, 0.5) is 11.6 Å². The van der Waals surface area contributed by atoms with Crippen LogP contribution in [0.3, 0.4) is 0 Å². The summed E-state index contributed by atoms with van der Waals surface area (Å²) in [5.41, 5.74) is 6.49. The largest absolute Gasteiger partial charge is 0.396 e. The highest BCUT2D eigenvalue weighted by Gasteiger charge is 2.29. The van der Waals surface area contributed by atoms with E-state index < -0.39 is 7.60 Å². The summed E-state index contributed by atoms with van der Waals surface area (Å²) in [6, 6.07) is -0.283. The number of nitrogen functional groups attached to an aromatic ring is 1. The minimum atomic E-state index is -3.24. The number of fused-ring (bicyclic) bond motifs is 1. The van der Waals surface area contributed by atoms with Gasteiger partial charge in [-0.05, 0) is 26.2 Å². The molecule has 0 bridgehead atoms. The lowest BCUT2D eigenvalue weighted by Gasteiger charge is -2.22. The number of nitrogens with zero attached hydrogens (tertiary/aromatic N) is 1. The highest BCUT2D eigenvalue weighted by atomic mass is 31.2. The van der Waals surface area contributed by atoms with Crippen LogP contribution in [0, 0.1) is 0 Å². The molecule has 2 rings (SSSR count). The molecule has 0 spiro atoms. The number of H-pyrrole nitrogens is 1. The van der Waals surface area contributed by atoms with E-state index in [9.17, 15) is 14.5 Å². The lowest BCUT2D eigenvalue weighted by atomic mass is 10.0. The maximum atomic E-state index is 13.3. The fraction of sp³-hybridized carbons (Fsp3) is 0.875. The molecule has 0 aromatic carbocycles. The van der Waals surface area contributed by atoms with E-state index in [4.69, 9.17) is 19.9 Å². The number of hydrogen-bond donors (Lipinski definition) is 6. The molecule has 0 aliphatic carbocycles. The van der Waals surface area contributed by atoms with Gasteiger partial charge in [0.05, 0.1) is 31.7 Å². The van der Waals surface area contributed by atoms with Gasteiger partial charge in [0.2, 0.25) is 5.95 Å². The predicted octanol–water partition coefficient (Wildman–Crippen LogP) is 6.07. The van der Waals surface area contributed by atoms with Crippen LogP contribution < -0.4 is 21.9 Å². The molecule has 11 nitrogen and oxygen atoms in total. The Hall–Kier alpha value is -1.49. The number of rotatable bonds is 29. The van der Waals surface area contributed by atoms with Gasteiger partial charge in [0.25, 0.3) is 5.56 Å². The molecule has 256 valence electrons. The zero-order valence-corrected chi connectivity index (χ0v) is 28.2. The second-order valence-corrected chi connectivity index (χ2v) is 14.4. The van der Waals surface area contributed by atoms with E-state index in [1.165, 1.54) is 89.9 Å². The maximum Gasteiger partial charge on any atom is 0.330 e. The smallest absolute Gasteiger partial charge is 0.330 e. The van der Waals surface area contributed by atoms with Crippen molar-refractivity contribution in [1.29, 1.82) is 0 Å². The average Bonchev–Trinajstić information content (AvgIpc) is 3.41. The summed E-state index contributed by atoms with van der Waals surface area (Å²) in [7, 11) is -3.24. The third-order valence-electron chi connectivity index (χ3n) is 8.42. The molecule has 1 aromatic heterocycles. The molecule has 0 fully saturated rings. The van der Waals surface area contributed by atoms with Crippen molar-refractivity contribution in [3.8, 4) is 0 Å². The van der Waals surface area contributed by atoms with Crippen molar-refractivity contribution >= 4 is 19.2 Å². The van der Waals surface area contributed by atoms with Crippen molar-refractivity contribution < 1.29 is 23.8 Å². The van der Waals surface area contributed by atoms with Gasteiger partial charge in [0, 0.05) is 31.7 Å². The van der Waals surface area contributed by atoms with Crippen LogP contribution >= 0.6 is 7.60 Å². The van der Waals surface area contributed by atoms with Crippen molar-refractivity contribution in [3.05, 3.63) is 16.0 Å². The zero-order chi connectivity index (χ0) is 31.9. The first-order chi connectivity index (χ1) is 21.4. The fourth-order valence-corrected chi connectivity index (χ4v) is 7.54. The van der Waals surface area contributed by atoms with Crippen LogP contribution in [-0.4, -0.2) is 71.9 Å². The average molecular weight is 644 g/mol. The van der Waals surface area contributed by atoms with Gasteiger partial charge in [-0.3, -0.25) is 14.3 Å². The Morgan fingerprint density at radius 3 is 1.98 bits per heavy atom. The SMILES string of the molecule is CCOP(=O)(CC[C@@H](CO)NCC1CNc2c1nc(N)[nH]c2=O)OCCCCCCCCCCCCCCCCCCCO. The number of hydrogen-bond acceptors (Lipinski definition) is 10. The molecule has 0 radical (unpaired) electrons. The lowest BCUT2D eigenvalue weighted by Crippen LogP contribution is -2.37. The summed E-state index contributed by atoms with van der Waals surface area (Å²) >= 11 is 0. The molecule has 12 heteroatoms. The summed E-state index contributed by atoms with van der Waals surface area (Å²) in [4.78, 5) is 18.8. The number of aromatic nitrogens is 2. The molecule has 2 unspecified atom stereocenters. The van der Waals surface area contributed by atoms with Crippen LogP contribution in [0.2, 0.25) is 0 Å². The number of nitrogens with one attached hydrogen (secondary N) is 3. The van der Waals surface area contributed by atoms with E-state index in [2.05, 4.69) is 20.6 Å². The Kier molecular flexibility index (Phi) is 20.9. The van der Waals surface area contributed by atoms with Crippen LogP contribution in [0.15, 0.2) is 4.79 Å². The summed E-state index contributed by atoms with van der Waals surface area (Å²) < 4.78 is 24.6. The van der Waals surface area contributed by atoms with Crippen molar-refractivity contribution in [2.75, 3.05) is 56.7 Å². The monoisotopic (exact) mass is 643 g/mol. The number of aliphatic hydroxyl groups excluding tert-OH is 2. The second-order valence-electron chi connectivity index (χ2n) is 12.2. The minimum Gasteiger partial charge on any atom is -0.396 e. The van der Waals surface area contributed by atoms with Crippen LogP contribution in [0.5, 0.6) is 0 Å². The Bertz CT molecular complexity index is 981. The number of unbranched alkanes of at least 4 members (excludes halogenated alkanes) is 16. The van der Waals surface area contributed by atoms with Crippen LogP contribution in [0.1, 0.15) is 134 Å². The second kappa shape index (κ2) is 23.8. The van der Waals surface area contributed by atoms with Gasteiger partial charge in [0.1, 0.15) is 5.69 Å². The first-order valence-corrected chi connectivity index (χ1v) is 19.1. The molecule has 2 heterocycles.